The van der Waals surface area contributed by atoms with Gasteiger partial charge in [-0.15, -0.1) is 0 Å². The third-order valence-corrected chi connectivity index (χ3v) is 4.61. The maximum Gasteiger partial charge on any atom is 0.310 e. The Hall–Kier alpha value is -3.32. The number of nitrogens with zero attached hydrogens (tertiary/aromatic N) is 1. The summed E-state index contributed by atoms with van der Waals surface area (Å²) in [6, 6.07) is 13.9. The van der Waals surface area contributed by atoms with Gasteiger partial charge in [0, 0.05) is 11.8 Å². The molecule has 2 aromatic rings. The van der Waals surface area contributed by atoms with Crippen LogP contribution in [0, 0.1) is 0 Å². The second-order valence-corrected chi connectivity index (χ2v) is 6.23. The van der Waals surface area contributed by atoms with Crippen LogP contribution in [-0.4, -0.2) is 43.9 Å². The van der Waals surface area contributed by atoms with E-state index in [2.05, 4.69) is 4.74 Å². The first-order valence-corrected chi connectivity index (χ1v) is 8.57. The first-order chi connectivity index (χ1) is 13.4. The Morgan fingerprint density at radius 2 is 1.50 bits per heavy atom. The van der Waals surface area contributed by atoms with Crippen molar-refractivity contribution < 1.29 is 28.9 Å². The van der Waals surface area contributed by atoms with Gasteiger partial charge in [0.2, 0.25) is 11.5 Å². The molecule has 28 heavy (non-hydrogen) atoms. The molecule has 0 aromatic heterocycles. The van der Waals surface area contributed by atoms with Crippen LogP contribution in [0.2, 0.25) is 0 Å². The van der Waals surface area contributed by atoms with Crippen molar-refractivity contribution in [2.24, 2.45) is 0 Å². The molecule has 0 spiro atoms. The molecule has 0 saturated heterocycles. The van der Waals surface area contributed by atoms with Crippen molar-refractivity contribution in [1.29, 1.82) is 0 Å². The number of rotatable bonds is 6. The number of carbonyl (C=O) groups excluding carboxylic acids is 2. The number of aliphatic hydroxyl groups is 1. The summed E-state index contributed by atoms with van der Waals surface area (Å²) >= 11 is 0. The molecule has 1 heterocycles. The van der Waals surface area contributed by atoms with Crippen LogP contribution in [0.3, 0.4) is 0 Å². The number of hydrogen-bond donors (Lipinski definition) is 1. The van der Waals surface area contributed by atoms with Gasteiger partial charge in [-0.25, -0.2) is 0 Å². The normalized spacial score (nSPS) is 18.6. The molecule has 0 radical (unpaired) electrons. The largest absolute Gasteiger partial charge is 0.497 e. The van der Waals surface area contributed by atoms with E-state index < -0.39 is 23.9 Å². The van der Waals surface area contributed by atoms with Gasteiger partial charge >= 0.3 is 5.97 Å². The summed E-state index contributed by atoms with van der Waals surface area (Å²) in [4.78, 5) is 26.1. The fourth-order valence-corrected chi connectivity index (χ4v) is 3.11. The zero-order valence-electron chi connectivity index (χ0n) is 15.8. The van der Waals surface area contributed by atoms with Crippen LogP contribution in [0.5, 0.6) is 11.5 Å². The van der Waals surface area contributed by atoms with E-state index in [1.165, 1.54) is 18.1 Å². The van der Waals surface area contributed by atoms with Gasteiger partial charge in [0.25, 0.3) is 0 Å². The maximum absolute atomic E-state index is 12.7. The van der Waals surface area contributed by atoms with Crippen molar-refractivity contribution in [2.45, 2.75) is 12.1 Å². The molecule has 146 valence electrons. The number of ether oxygens (including phenoxy) is 3. The molecule has 0 amide bonds. The molecule has 3 rings (SSSR count). The Labute approximate surface area is 162 Å². The third-order valence-electron chi connectivity index (χ3n) is 4.61. The molecule has 0 fully saturated rings. The minimum atomic E-state index is -2.09. The number of benzene rings is 2. The molecular weight excluding hydrogens is 362 g/mol. The van der Waals surface area contributed by atoms with Crippen LogP contribution in [0.15, 0.2) is 54.6 Å². The summed E-state index contributed by atoms with van der Waals surface area (Å²) in [7, 11) is 4.32. The summed E-state index contributed by atoms with van der Waals surface area (Å²) < 4.78 is 15.0. The lowest BCUT2D eigenvalue weighted by molar-refractivity contribution is -0.150. The molecule has 1 aliphatic heterocycles. The molecule has 0 bridgehead atoms. The molecule has 1 aliphatic rings. The van der Waals surface area contributed by atoms with E-state index >= 15 is 0 Å². The number of esters is 1. The highest BCUT2D eigenvalue weighted by Crippen LogP contribution is 2.41. The first-order valence-electron chi connectivity index (χ1n) is 8.57. The SMILES string of the molecule is COC(=O)CC1(O)C(=O)C=C(c2ccc(OC)cc2)N1c1ccc(OC)cc1. The average Bonchev–Trinajstić information content (AvgIpc) is 2.98. The van der Waals surface area contributed by atoms with Gasteiger partial charge in [-0.2, -0.15) is 0 Å². The first kappa shape index (κ1) is 19.4. The maximum atomic E-state index is 12.7. The van der Waals surface area contributed by atoms with Crippen LogP contribution in [0.25, 0.3) is 5.70 Å². The minimum absolute atomic E-state index is 0.462. The molecule has 2 aromatic carbocycles. The minimum Gasteiger partial charge on any atom is -0.497 e. The number of hydrogen-bond acceptors (Lipinski definition) is 7. The van der Waals surface area contributed by atoms with E-state index in [9.17, 15) is 14.7 Å². The fraction of sp³-hybridized carbons (Fsp3) is 0.238. The summed E-state index contributed by atoms with van der Waals surface area (Å²) in [5, 5.41) is 11.2. The lowest BCUT2D eigenvalue weighted by atomic mass is 10.0. The lowest BCUT2D eigenvalue weighted by Crippen LogP contribution is -2.51. The highest BCUT2D eigenvalue weighted by atomic mass is 16.5. The summed E-state index contributed by atoms with van der Waals surface area (Å²) in [5.41, 5.74) is -0.410. The molecule has 1 N–H and O–H groups in total. The quantitative estimate of drug-likeness (QED) is 0.767. The van der Waals surface area contributed by atoms with Crippen molar-refractivity contribution in [3.05, 3.63) is 60.2 Å². The van der Waals surface area contributed by atoms with Crippen LogP contribution >= 0.6 is 0 Å². The van der Waals surface area contributed by atoms with Crippen molar-refractivity contribution in [1.82, 2.24) is 0 Å². The zero-order valence-corrected chi connectivity index (χ0v) is 15.8. The Kier molecular flexibility index (Phi) is 5.37. The van der Waals surface area contributed by atoms with Gasteiger partial charge in [-0.3, -0.25) is 9.59 Å². The summed E-state index contributed by atoms with van der Waals surface area (Å²) in [6.07, 6.45) is 0.819. The predicted molar refractivity (Wildman–Crippen MR) is 103 cm³/mol. The Morgan fingerprint density at radius 3 is 2.00 bits per heavy atom. The van der Waals surface area contributed by atoms with Crippen molar-refractivity contribution in [3.63, 3.8) is 0 Å². The number of carbonyl (C=O) groups is 2. The van der Waals surface area contributed by atoms with Crippen LogP contribution in [-0.2, 0) is 14.3 Å². The highest BCUT2D eigenvalue weighted by molar-refractivity contribution is 6.14. The van der Waals surface area contributed by atoms with Crippen LogP contribution in [0.1, 0.15) is 12.0 Å². The van der Waals surface area contributed by atoms with Crippen LogP contribution in [0.4, 0.5) is 5.69 Å². The molecule has 0 aliphatic carbocycles. The van der Waals surface area contributed by atoms with Gasteiger partial charge in [-0.05, 0) is 54.1 Å². The van der Waals surface area contributed by atoms with Crippen molar-refractivity contribution in [3.8, 4) is 11.5 Å². The topological polar surface area (TPSA) is 85.3 Å². The van der Waals surface area contributed by atoms with Crippen LogP contribution < -0.4 is 14.4 Å². The molecule has 1 unspecified atom stereocenters. The van der Waals surface area contributed by atoms with E-state index in [0.717, 1.165) is 0 Å². The van der Waals surface area contributed by atoms with E-state index in [1.807, 2.05) is 0 Å². The van der Waals surface area contributed by atoms with Gasteiger partial charge in [0.05, 0.1) is 27.0 Å². The Morgan fingerprint density at radius 1 is 0.964 bits per heavy atom. The molecule has 7 heteroatoms. The van der Waals surface area contributed by atoms with Crippen molar-refractivity contribution in [2.75, 3.05) is 26.2 Å². The molecular formula is C21H21NO6. The number of ketones is 1. The Bertz CT molecular complexity index is 903. The summed E-state index contributed by atoms with van der Waals surface area (Å²) in [5.74, 6) is -0.00599. The molecule has 1 atom stereocenters. The zero-order chi connectivity index (χ0) is 20.3. The van der Waals surface area contributed by atoms with E-state index in [0.29, 0.717) is 28.4 Å². The van der Waals surface area contributed by atoms with E-state index in [1.54, 1.807) is 62.8 Å². The second-order valence-electron chi connectivity index (χ2n) is 6.23. The smallest absolute Gasteiger partial charge is 0.310 e. The fourth-order valence-electron chi connectivity index (χ4n) is 3.11. The van der Waals surface area contributed by atoms with Gasteiger partial charge < -0.3 is 24.2 Å². The van der Waals surface area contributed by atoms with Gasteiger partial charge in [0.15, 0.2) is 0 Å². The molecule has 0 saturated carbocycles. The van der Waals surface area contributed by atoms with Crippen molar-refractivity contribution >= 4 is 23.1 Å². The van der Waals surface area contributed by atoms with Gasteiger partial charge in [-0.1, -0.05) is 0 Å². The van der Waals surface area contributed by atoms with E-state index in [-0.39, 0.29) is 0 Å². The summed E-state index contributed by atoms with van der Waals surface area (Å²) in [6.45, 7) is 0. The van der Waals surface area contributed by atoms with E-state index in [4.69, 9.17) is 9.47 Å². The Balaban J connectivity index is 2.09. The number of anilines is 1. The number of methoxy groups -OCH3 is 3. The highest BCUT2D eigenvalue weighted by Gasteiger charge is 2.50. The average molecular weight is 383 g/mol. The second kappa shape index (κ2) is 7.74. The third kappa shape index (κ3) is 3.44. The van der Waals surface area contributed by atoms with Gasteiger partial charge in [0.1, 0.15) is 17.9 Å². The predicted octanol–water partition coefficient (Wildman–Crippen LogP) is 2.39. The molecule has 7 nitrogen and oxygen atoms in total. The monoisotopic (exact) mass is 383 g/mol. The standard InChI is InChI=1S/C21H21NO6/c1-26-16-8-4-14(5-9-16)18-12-19(23)21(25,13-20(24)28-3)22(18)15-6-10-17(27-2)11-7-15/h4-12,25H,13H2,1-3H3. The lowest BCUT2D eigenvalue weighted by Gasteiger charge is -2.35.